The van der Waals surface area contributed by atoms with Gasteiger partial charge in [-0.2, -0.15) is 0 Å². The van der Waals surface area contributed by atoms with E-state index in [9.17, 15) is 18.0 Å². The van der Waals surface area contributed by atoms with Crippen LogP contribution in [0.15, 0.2) is 42.6 Å². The molecule has 1 aromatic heterocycles. The van der Waals surface area contributed by atoms with Gasteiger partial charge in [0.2, 0.25) is 5.95 Å². The normalized spacial score (nSPS) is 10.6. The van der Waals surface area contributed by atoms with Crippen molar-refractivity contribution in [3.8, 4) is 0 Å². The van der Waals surface area contributed by atoms with Gasteiger partial charge in [0, 0.05) is 16.9 Å². The van der Waals surface area contributed by atoms with Crippen molar-refractivity contribution in [2.75, 3.05) is 10.6 Å². The Labute approximate surface area is 157 Å². The summed E-state index contributed by atoms with van der Waals surface area (Å²) in [7, 11) is 0. The molecule has 0 radical (unpaired) electrons. The van der Waals surface area contributed by atoms with Crippen LogP contribution >= 0.6 is 11.6 Å². The van der Waals surface area contributed by atoms with Crippen molar-refractivity contribution < 1.29 is 18.0 Å². The second kappa shape index (κ2) is 7.63. The molecule has 1 heterocycles. The van der Waals surface area contributed by atoms with Crippen molar-refractivity contribution in [1.82, 2.24) is 9.97 Å². The van der Waals surface area contributed by atoms with Gasteiger partial charge in [-0.3, -0.25) is 4.79 Å². The minimum Gasteiger partial charge on any atom is -0.322 e. The summed E-state index contributed by atoms with van der Waals surface area (Å²) in [4.78, 5) is 20.2. The molecule has 2 N–H and O–H groups in total. The number of carbonyl (C=O) groups excluding carboxylic acids is 1. The number of nitrogens with one attached hydrogen (secondary N) is 2. The number of anilines is 3. The topological polar surface area (TPSA) is 66.9 Å². The Kier molecular flexibility index (Phi) is 5.27. The number of halogens is 4. The number of carbonyl (C=O) groups is 1. The Bertz CT molecular complexity index is 1030. The van der Waals surface area contributed by atoms with Crippen LogP contribution in [-0.2, 0) is 0 Å². The Morgan fingerprint density at radius 1 is 1.04 bits per heavy atom. The number of amides is 1. The molecular weight excluding hydrogens is 381 g/mol. The molecule has 0 atom stereocenters. The molecule has 5 nitrogen and oxygen atoms in total. The highest BCUT2D eigenvalue weighted by atomic mass is 35.5. The largest absolute Gasteiger partial charge is 0.322 e. The van der Waals surface area contributed by atoms with Crippen LogP contribution < -0.4 is 10.6 Å². The summed E-state index contributed by atoms with van der Waals surface area (Å²) in [6.07, 6.45) is 1.27. The summed E-state index contributed by atoms with van der Waals surface area (Å²) < 4.78 is 40.1. The second-order valence-corrected chi connectivity index (χ2v) is 5.89. The highest BCUT2D eigenvalue weighted by molar-refractivity contribution is 6.31. The predicted octanol–water partition coefficient (Wildman–Crippen LogP) is 4.85. The van der Waals surface area contributed by atoms with Crippen molar-refractivity contribution in [2.45, 2.75) is 6.92 Å². The maximum absolute atomic E-state index is 13.8. The van der Waals surface area contributed by atoms with Gasteiger partial charge in [0.05, 0.1) is 5.69 Å². The number of aromatic nitrogens is 2. The molecule has 0 fully saturated rings. The summed E-state index contributed by atoms with van der Waals surface area (Å²) >= 11 is 6.02. The summed E-state index contributed by atoms with van der Waals surface area (Å²) in [5, 5.41) is 5.57. The van der Waals surface area contributed by atoms with E-state index in [1.165, 1.54) is 12.3 Å². The third-order valence-electron chi connectivity index (χ3n) is 3.69. The Balaban J connectivity index is 1.82. The molecule has 0 aliphatic carbocycles. The van der Waals surface area contributed by atoms with Crippen LogP contribution in [0.2, 0.25) is 5.02 Å². The molecule has 9 heteroatoms. The van der Waals surface area contributed by atoms with Gasteiger partial charge in [0.1, 0.15) is 5.69 Å². The lowest BCUT2D eigenvalue weighted by Crippen LogP contribution is -2.15. The monoisotopic (exact) mass is 392 g/mol. The lowest BCUT2D eigenvalue weighted by molar-refractivity contribution is 0.102. The molecule has 3 aromatic rings. The zero-order chi connectivity index (χ0) is 19.6. The number of hydrogen-bond acceptors (Lipinski definition) is 4. The van der Waals surface area contributed by atoms with Crippen molar-refractivity contribution >= 4 is 34.8 Å². The van der Waals surface area contributed by atoms with E-state index in [4.69, 9.17) is 11.6 Å². The molecular formula is C18H12ClF3N4O. The maximum atomic E-state index is 13.8. The fourth-order valence-corrected chi connectivity index (χ4v) is 2.39. The van der Waals surface area contributed by atoms with Gasteiger partial charge in [-0.05, 0) is 42.8 Å². The van der Waals surface area contributed by atoms with E-state index in [2.05, 4.69) is 20.6 Å². The average Bonchev–Trinajstić information content (AvgIpc) is 2.66. The fraction of sp³-hybridized carbons (Fsp3) is 0.0556. The zero-order valence-electron chi connectivity index (χ0n) is 13.9. The van der Waals surface area contributed by atoms with Crippen LogP contribution in [-0.4, -0.2) is 15.9 Å². The highest BCUT2D eigenvalue weighted by Gasteiger charge is 2.16. The van der Waals surface area contributed by atoms with Crippen molar-refractivity contribution in [3.63, 3.8) is 0 Å². The summed E-state index contributed by atoms with van der Waals surface area (Å²) in [5.41, 5.74) is 0.808. The van der Waals surface area contributed by atoms with E-state index in [0.717, 1.165) is 12.1 Å². The Morgan fingerprint density at radius 2 is 1.81 bits per heavy atom. The zero-order valence-corrected chi connectivity index (χ0v) is 14.6. The third-order valence-corrected chi connectivity index (χ3v) is 4.10. The standard InChI is InChI=1S/C18H12ClF3N4O/c1-9-10(19)3-2-4-12(9)24-17(27)14-7-8-23-18(26-14)25-13-6-5-11(20)15(21)16(13)22/h2-8H,1H3,(H,24,27)(H,23,25,26). The number of nitrogens with zero attached hydrogens (tertiary/aromatic N) is 2. The van der Waals surface area contributed by atoms with Crippen LogP contribution in [0.1, 0.15) is 16.1 Å². The van der Waals surface area contributed by atoms with Crippen LogP contribution in [0, 0.1) is 24.4 Å². The molecule has 0 unspecified atom stereocenters. The fourth-order valence-electron chi connectivity index (χ4n) is 2.22. The number of hydrogen-bond donors (Lipinski definition) is 2. The SMILES string of the molecule is Cc1c(Cl)cccc1NC(=O)c1ccnc(Nc2ccc(F)c(F)c2F)n1. The molecule has 0 bridgehead atoms. The number of benzene rings is 2. The minimum absolute atomic E-state index is 0.0186. The van der Waals surface area contributed by atoms with Crippen molar-refractivity contribution in [1.29, 1.82) is 0 Å². The van der Waals surface area contributed by atoms with Gasteiger partial charge in [0.25, 0.3) is 5.91 Å². The molecule has 0 aliphatic rings. The minimum atomic E-state index is -1.62. The molecule has 0 saturated carbocycles. The molecule has 0 aliphatic heterocycles. The van der Waals surface area contributed by atoms with Gasteiger partial charge in [-0.1, -0.05) is 17.7 Å². The van der Waals surface area contributed by atoms with Crippen LogP contribution in [0.3, 0.4) is 0 Å². The molecule has 2 aromatic carbocycles. The first-order chi connectivity index (χ1) is 12.9. The van der Waals surface area contributed by atoms with Crippen molar-refractivity contribution in [3.05, 3.63) is 76.3 Å². The van der Waals surface area contributed by atoms with E-state index < -0.39 is 23.4 Å². The Morgan fingerprint density at radius 3 is 2.59 bits per heavy atom. The first-order valence-electron chi connectivity index (χ1n) is 7.67. The van der Waals surface area contributed by atoms with E-state index >= 15 is 0 Å². The second-order valence-electron chi connectivity index (χ2n) is 5.48. The average molecular weight is 393 g/mol. The molecule has 0 spiro atoms. The van der Waals surface area contributed by atoms with Crippen LogP contribution in [0.25, 0.3) is 0 Å². The van der Waals surface area contributed by atoms with E-state index in [1.807, 2.05) is 0 Å². The van der Waals surface area contributed by atoms with E-state index in [0.29, 0.717) is 16.3 Å². The third kappa shape index (κ3) is 4.01. The van der Waals surface area contributed by atoms with E-state index in [1.54, 1.807) is 25.1 Å². The van der Waals surface area contributed by atoms with Crippen LogP contribution in [0.5, 0.6) is 0 Å². The first-order valence-corrected chi connectivity index (χ1v) is 8.04. The van der Waals surface area contributed by atoms with Gasteiger partial charge < -0.3 is 10.6 Å². The summed E-state index contributed by atoms with van der Waals surface area (Å²) in [6, 6.07) is 8.16. The lowest BCUT2D eigenvalue weighted by Gasteiger charge is -2.10. The Hall–Kier alpha value is -3.13. The maximum Gasteiger partial charge on any atom is 0.274 e. The van der Waals surface area contributed by atoms with Crippen LogP contribution in [0.4, 0.5) is 30.5 Å². The number of rotatable bonds is 4. The summed E-state index contributed by atoms with van der Waals surface area (Å²) in [6.45, 7) is 1.75. The molecule has 3 rings (SSSR count). The predicted molar refractivity (Wildman–Crippen MR) is 95.8 cm³/mol. The molecule has 138 valence electrons. The van der Waals surface area contributed by atoms with Gasteiger partial charge in [0.15, 0.2) is 17.5 Å². The van der Waals surface area contributed by atoms with Crippen molar-refractivity contribution in [2.24, 2.45) is 0 Å². The lowest BCUT2D eigenvalue weighted by atomic mass is 10.2. The molecule has 0 saturated heterocycles. The van der Waals surface area contributed by atoms with Gasteiger partial charge in [-0.25, -0.2) is 23.1 Å². The van der Waals surface area contributed by atoms with Gasteiger partial charge >= 0.3 is 0 Å². The van der Waals surface area contributed by atoms with E-state index in [-0.39, 0.29) is 17.3 Å². The first kappa shape index (κ1) is 18.7. The molecule has 1 amide bonds. The van der Waals surface area contributed by atoms with Gasteiger partial charge in [-0.15, -0.1) is 0 Å². The summed E-state index contributed by atoms with van der Waals surface area (Å²) in [5.74, 6) is -5.05. The molecule has 27 heavy (non-hydrogen) atoms. The smallest absolute Gasteiger partial charge is 0.274 e. The quantitative estimate of drug-likeness (QED) is 0.623. The highest BCUT2D eigenvalue weighted by Crippen LogP contribution is 2.24.